The minimum absolute atomic E-state index is 0.0714. The number of ketones is 3. The Balaban J connectivity index is 1.83. The van der Waals surface area contributed by atoms with Gasteiger partial charge in [0.1, 0.15) is 45.3 Å². The largest absolute Gasteiger partial charge is 0.507 e. The molecule has 0 radical (unpaired) electrons. The van der Waals surface area contributed by atoms with Gasteiger partial charge in [0.2, 0.25) is 0 Å². The Hall–Kier alpha value is -4.66. The molecule has 0 amide bonds. The minimum Gasteiger partial charge on any atom is -0.507 e. The van der Waals surface area contributed by atoms with Crippen molar-refractivity contribution in [1.82, 2.24) is 0 Å². The molecule has 0 saturated carbocycles. The lowest BCUT2D eigenvalue weighted by Gasteiger charge is -2.28. The van der Waals surface area contributed by atoms with Gasteiger partial charge in [0, 0.05) is 11.6 Å². The van der Waals surface area contributed by atoms with E-state index in [4.69, 9.17) is 9.84 Å². The van der Waals surface area contributed by atoms with E-state index in [1.807, 2.05) is 0 Å². The highest BCUT2D eigenvalue weighted by atomic mass is 16.5. The van der Waals surface area contributed by atoms with Gasteiger partial charge in [-0.2, -0.15) is 0 Å². The van der Waals surface area contributed by atoms with Gasteiger partial charge in [-0.25, -0.2) is 4.79 Å². The van der Waals surface area contributed by atoms with Crippen molar-refractivity contribution in [3.05, 3.63) is 81.3 Å². The molecule has 0 spiro atoms. The van der Waals surface area contributed by atoms with E-state index >= 15 is 0 Å². The quantitative estimate of drug-likeness (QED) is 0.288. The first-order valence-electron chi connectivity index (χ1n) is 10.4. The van der Waals surface area contributed by atoms with E-state index in [-0.39, 0.29) is 33.8 Å². The molecule has 35 heavy (non-hydrogen) atoms. The van der Waals surface area contributed by atoms with Crippen molar-refractivity contribution in [3.63, 3.8) is 0 Å². The molecule has 1 heterocycles. The molecule has 0 unspecified atom stereocenters. The van der Waals surface area contributed by atoms with Gasteiger partial charge in [-0.1, -0.05) is 18.2 Å². The Kier molecular flexibility index (Phi) is 5.36. The minimum atomic E-state index is -1.71. The van der Waals surface area contributed by atoms with Crippen molar-refractivity contribution in [3.8, 4) is 17.2 Å². The number of carboxylic acid groups (broad SMARTS) is 1. The summed E-state index contributed by atoms with van der Waals surface area (Å²) in [5.74, 6) is -5.32. The number of carbonyl (C=O) groups excluding carboxylic acids is 3. The molecule has 178 valence electrons. The molecule has 2 aromatic carbocycles. The number of aliphatic hydroxyl groups excluding tert-OH is 1. The number of carboxylic acids is 1. The topological polar surface area (TPSA) is 158 Å². The summed E-state index contributed by atoms with van der Waals surface area (Å²) < 4.78 is 5.74. The predicted octanol–water partition coefficient (Wildman–Crippen LogP) is 3.52. The van der Waals surface area contributed by atoms with Gasteiger partial charge in [0.05, 0.1) is 11.1 Å². The summed E-state index contributed by atoms with van der Waals surface area (Å²) in [5.41, 5.74) is -2.09. The van der Waals surface area contributed by atoms with Crippen LogP contribution in [0.15, 0.2) is 53.5 Å². The third-order valence-corrected chi connectivity index (χ3v) is 6.23. The van der Waals surface area contributed by atoms with Crippen LogP contribution in [0.1, 0.15) is 51.3 Å². The van der Waals surface area contributed by atoms with E-state index in [9.17, 15) is 34.5 Å². The van der Waals surface area contributed by atoms with Crippen molar-refractivity contribution in [1.29, 1.82) is 0 Å². The lowest BCUT2D eigenvalue weighted by atomic mass is 9.71. The average Bonchev–Trinajstić information content (AvgIpc) is 3.09. The third kappa shape index (κ3) is 3.40. The normalized spacial score (nSPS) is 18.7. The maximum absolute atomic E-state index is 13.3. The van der Waals surface area contributed by atoms with Crippen LogP contribution in [0.5, 0.6) is 17.2 Å². The summed E-state index contributed by atoms with van der Waals surface area (Å²) >= 11 is 0. The van der Waals surface area contributed by atoms with Crippen LogP contribution in [0.25, 0.3) is 6.08 Å². The number of aromatic hydroxyl groups is 2. The number of benzene rings is 2. The molecule has 0 aromatic heterocycles. The summed E-state index contributed by atoms with van der Waals surface area (Å²) in [4.78, 5) is 49.4. The van der Waals surface area contributed by atoms with Crippen LogP contribution >= 0.6 is 0 Å². The second-order valence-corrected chi connectivity index (χ2v) is 8.41. The van der Waals surface area contributed by atoms with Gasteiger partial charge in [-0.05, 0) is 44.5 Å². The lowest BCUT2D eigenvalue weighted by Crippen LogP contribution is -2.38. The van der Waals surface area contributed by atoms with E-state index in [1.54, 1.807) is 0 Å². The Labute approximate surface area is 198 Å². The number of rotatable bonds is 5. The van der Waals surface area contributed by atoms with Crippen molar-refractivity contribution in [2.75, 3.05) is 0 Å². The number of hydrogen-bond donors (Lipinski definition) is 4. The number of ether oxygens (including phenoxy) is 1. The summed E-state index contributed by atoms with van der Waals surface area (Å²) in [6.45, 7) is 3.87. The van der Waals surface area contributed by atoms with Crippen molar-refractivity contribution in [2.24, 2.45) is 0 Å². The molecule has 0 bridgehead atoms. The summed E-state index contributed by atoms with van der Waals surface area (Å²) in [6, 6.07) is 5.72. The number of phenols is 2. The zero-order valence-corrected chi connectivity index (χ0v) is 18.9. The average molecular weight is 476 g/mol. The van der Waals surface area contributed by atoms with Gasteiger partial charge in [0.25, 0.3) is 0 Å². The standard InChI is InChI=1S/C26H20O9/c1-11-21(30)19(15(28)9-6-13-4-7-14(8-5-13)25(33)34)23-20(22(11)31)26(3)17(35-23)10-16(29)18(12(2)27)24(26)32/h4-10,29-31H,1-3H3,(H,33,34)/b9-6+/t26-/m1/s1. The van der Waals surface area contributed by atoms with E-state index in [0.717, 1.165) is 19.1 Å². The van der Waals surface area contributed by atoms with Crippen molar-refractivity contribution >= 4 is 29.4 Å². The molecule has 2 aliphatic rings. The number of allylic oxidation sites excluding steroid dienone is 4. The van der Waals surface area contributed by atoms with Crippen LogP contribution in [0, 0.1) is 6.92 Å². The molecule has 0 fully saturated rings. The second kappa shape index (κ2) is 7.98. The number of aromatic carboxylic acids is 1. The number of phenolic OH excluding ortho intramolecular Hbond substituents is 2. The molecular formula is C26H20O9. The first kappa shape index (κ1) is 23.5. The van der Waals surface area contributed by atoms with E-state index in [2.05, 4.69) is 0 Å². The van der Waals surface area contributed by atoms with E-state index in [1.165, 1.54) is 44.2 Å². The molecule has 9 heteroatoms. The first-order valence-corrected chi connectivity index (χ1v) is 10.4. The lowest BCUT2D eigenvalue weighted by molar-refractivity contribution is -0.123. The molecule has 1 atom stereocenters. The molecule has 1 aliphatic heterocycles. The fraction of sp³-hybridized carbons (Fsp3) is 0.154. The Morgan fingerprint density at radius 3 is 2.23 bits per heavy atom. The maximum Gasteiger partial charge on any atom is 0.335 e. The molecule has 0 saturated heterocycles. The monoisotopic (exact) mass is 476 g/mol. The van der Waals surface area contributed by atoms with Crippen LogP contribution in [0.3, 0.4) is 0 Å². The molecule has 4 N–H and O–H groups in total. The van der Waals surface area contributed by atoms with Crippen LogP contribution < -0.4 is 4.74 Å². The van der Waals surface area contributed by atoms with E-state index < -0.39 is 51.6 Å². The summed E-state index contributed by atoms with van der Waals surface area (Å²) in [6.07, 6.45) is 3.61. The van der Waals surface area contributed by atoms with Crippen LogP contribution in [0.2, 0.25) is 0 Å². The van der Waals surface area contributed by atoms with Crippen molar-refractivity contribution < 1.29 is 44.3 Å². The highest BCUT2D eigenvalue weighted by Gasteiger charge is 2.55. The number of hydrogen-bond acceptors (Lipinski definition) is 8. The third-order valence-electron chi connectivity index (χ3n) is 6.23. The van der Waals surface area contributed by atoms with Gasteiger partial charge in [0.15, 0.2) is 17.3 Å². The number of Topliss-reactive ketones (excluding diaryl/α,β-unsaturated/α-hetero) is 2. The SMILES string of the molecule is CC(=O)C1=C(O)C=C2Oc3c(C(=O)/C=C/c4ccc(C(=O)O)cc4)c(O)c(C)c(O)c3[C@]2(C)C1=O. The molecule has 4 rings (SSSR count). The van der Waals surface area contributed by atoms with Gasteiger partial charge >= 0.3 is 5.97 Å². The van der Waals surface area contributed by atoms with Crippen LogP contribution in [0.4, 0.5) is 0 Å². The smallest absolute Gasteiger partial charge is 0.335 e. The van der Waals surface area contributed by atoms with Crippen LogP contribution in [-0.2, 0) is 15.0 Å². The maximum atomic E-state index is 13.3. The fourth-order valence-electron chi connectivity index (χ4n) is 4.25. The molecular weight excluding hydrogens is 456 g/mol. The Morgan fingerprint density at radius 1 is 1.03 bits per heavy atom. The van der Waals surface area contributed by atoms with Gasteiger partial charge < -0.3 is 25.2 Å². The molecule has 2 aromatic rings. The highest BCUT2D eigenvalue weighted by Crippen LogP contribution is 2.57. The zero-order valence-electron chi connectivity index (χ0n) is 18.9. The molecule has 9 nitrogen and oxygen atoms in total. The number of carbonyl (C=O) groups is 4. The van der Waals surface area contributed by atoms with Gasteiger partial charge in [-0.15, -0.1) is 0 Å². The summed E-state index contributed by atoms with van der Waals surface area (Å²) in [7, 11) is 0. The fourth-order valence-corrected chi connectivity index (χ4v) is 4.25. The van der Waals surface area contributed by atoms with Gasteiger partial charge in [-0.3, -0.25) is 14.4 Å². The van der Waals surface area contributed by atoms with Crippen molar-refractivity contribution in [2.45, 2.75) is 26.2 Å². The summed E-state index contributed by atoms with van der Waals surface area (Å²) in [5, 5.41) is 40.8. The second-order valence-electron chi connectivity index (χ2n) is 8.41. The Morgan fingerprint density at radius 2 is 1.66 bits per heavy atom. The van der Waals surface area contributed by atoms with E-state index in [0.29, 0.717) is 5.56 Å². The predicted molar refractivity (Wildman–Crippen MR) is 123 cm³/mol. The highest BCUT2D eigenvalue weighted by molar-refractivity contribution is 6.26. The number of aliphatic hydroxyl groups is 1. The van der Waals surface area contributed by atoms with Crippen LogP contribution in [-0.4, -0.2) is 43.7 Å². The molecule has 1 aliphatic carbocycles. The zero-order chi connectivity index (χ0) is 25.8. The number of fused-ring (bicyclic) bond motifs is 3. The first-order chi connectivity index (χ1) is 16.4. The Bertz CT molecular complexity index is 1440.